The van der Waals surface area contributed by atoms with E-state index < -0.39 is 0 Å². The van der Waals surface area contributed by atoms with E-state index in [0.29, 0.717) is 5.92 Å². The number of nitrogens with zero attached hydrogens (tertiary/aromatic N) is 2. The Morgan fingerprint density at radius 3 is 2.43 bits per heavy atom. The van der Waals surface area contributed by atoms with Gasteiger partial charge in [0, 0.05) is 45.4 Å². The van der Waals surface area contributed by atoms with Crippen LogP contribution in [-0.2, 0) is 0 Å². The molecule has 134 valence electrons. The molecular formula is C17H34N4O2. The topological polar surface area (TPSA) is 67.8 Å². The highest BCUT2D eigenvalue weighted by molar-refractivity contribution is 5.74. The minimum atomic E-state index is -0.0305. The molecule has 2 fully saturated rings. The summed E-state index contributed by atoms with van der Waals surface area (Å²) in [7, 11) is 2.18. The number of carbonyl (C=O) groups excluding carboxylic acids is 1. The maximum Gasteiger partial charge on any atom is 0.315 e. The van der Waals surface area contributed by atoms with Crippen molar-refractivity contribution in [2.45, 2.75) is 44.6 Å². The van der Waals surface area contributed by atoms with Crippen LogP contribution in [-0.4, -0.2) is 79.9 Å². The van der Waals surface area contributed by atoms with Gasteiger partial charge < -0.3 is 25.5 Å². The molecule has 2 amide bonds. The first kappa shape index (κ1) is 18.5. The molecule has 1 aliphatic carbocycles. The molecule has 23 heavy (non-hydrogen) atoms. The van der Waals surface area contributed by atoms with Crippen molar-refractivity contribution in [2.24, 2.45) is 5.92 Å². The van der Waals surface area contributed by atoms with Gasteiger partial charge in [0.05, 0.1) is 0 Å². The van der Waals surface area contributed by atoms with Gasteiger partial charge in [0.15, 0.2) is 0 Å². The van der Waals surface area contributed by atoms with Crippen LogP contribution in [0.1, 0.15) is 38.5 Å². The van der Waals surface area contributed by atoms with E-state index >= 15 is 0 Å². The molecule has 1 aliphatic heterocycles. The minimum absolute atomic E-state index is 0.0305. The summed E-state index contributed by atoms with van der Waals surface area (Å²) in [5.41, 5.74) is 0. The van der Waals surface area contributed by atoms with Gasteiger partial charge in [-0.25, -0.2) is 4.79 Å². The molecule has 0 unspecified atom stereocenters. The highest BCUT2D eigenvalue weighted by atomic mass is 16.3. The lowest BCUT2D eigenvalue weighted by Gasteiger charge is -2.32. The average Bonchev–Trinajstić information content (AvgIpc) is 2.57. The third-order valence-electron chi connectivity index (χ3n) is 5.22. The van der Waals surface area contributed by atoms with Gasteiger partial charge in [-0.3, -0.25) is 0 Å². The van der Waals surface area contributed by atoms with E-state index in [9.17, 15) is 4.79 Å². The molecule has 2 aliphatic rings. The van der Waals surface area contributed by atoms with Gasteiger partial charge in [0.2, 0.25) is 0 Å². The molecule has 1 saturated carbocycles. The molecule has 2 rings (SSSR count). The lowest BCUT2D eigenvalue weighted by molar-refractivity contribution is 0.152. The lowest BCUT2D eigenvalue weighted by atomic mass is 9.87. The molecule has 0 radical (unpaired) electrons. The smallest absolute Gasteiger partial charge is 0.315 e. The van der Waals surface area contributed by atoms with Crippen LogP contribution in [0.15, 0.2) is 0 Å². The standard InChI is InChI=1S/C17H34N4O2/c1-20-10-12-21(13-11-20)9-3-2-8-18-17(23)19-16-6-4-15(14-22)5-7-16/h15-16,22H,2-14H2,1H3,(H2,18,19,23). The van der Waals surface area contributed by atoms with Crippen molar-refractivity contribution in [3.63, 3.8) is 0 Å². The zero-order valence-electron chi connectivity index (χ0n) is 14.6. The van der Waals surface area contributed by atoms with Crippen molar-refractivity contribution >= 4 is 6.03 Å². The Labute approximate surface area is 140 Å². The minimum Gasteiger partial charge on any atom is -0.396 e. The lowest BCUT2D eigenvalue weighted by Crippen LogP contribution is -2.45. The maximum absolute atomic E-state index is 11.9. The summed E-state index contributed by atoms with van der Waals surface area (Å²) in [4.78, 5) is 16.8. The third-order valence-corrected chi connectivity index (χ3v) is 5.22. The van der Waals surface area contributed by atoms with E-state index in [1.807, 2.05) is 0 Å². The van der Waals surface area contributed by atoms with Crippen molar-refractivity contribution in [3.05, 3.63) is 0 Å². The summed E-state index contributed by atoms with van der Waals surface area (Å²) in [6.45, 7) is 6.85. The Morgan fingerprint density at radius 2 is 1.78 bits per heavy atom. The Morgan fingerprint density at radius 1 is 1.09 bits per heavy atom. The molecule has 0 aromatic heterocycles. The van der Waals surface area contributed by atoms with Crippen molar-refractivity contribution < 1.29 is 9.90 Å². The summed E-state index contributed by atoms with van der Waals surface area (Å²) >= 11 is 0. The zero-order chi connectivity index (χ0) is 16.5. The van der Waals surface area contributed by atoms with Crippen LogP contribution in [0.3, 0.4) is 0 Å². The van der Waals surface area contributed by atoms with E-state index in [4.69, 9.17) is 5.11 Å². The van der Waals surface area contributed by atoms with Gasteiger partial charge >= 0.3 is 6.03 Å². The van der Waals surface area contributed by atoms with Crippen LogP contribution in [0.4, 0.5) is 4.79 Å². The summed E-state index contributed by atoms with van der Waals surface area (Å²) in [5, 5.41) is 15.2. The van der Waals surface area contributed by atoms with Crippen molar-refractivity contribution in [2.75, 3.05) is 52.9 Å². The molecular weight excluding hydrogens is 292 g/mol. The predicted molar refractivity (Wildman–Crippen MR) is 92.5 cm³/mol. The second-order valence-electron chi connectivity index (χ2n) is 7.15. The fraction of sp³-hybridized carbons (Fsp3) is 0.941. The van der Waals surface area contributed by atoms with Crippen molar-refractivity contribution in [1.29, 1.82) is 0 Å². The molecule has 0 bridgehead atoms. The van der Waals surface area contributed by atoms with E-state index in [-0.39, 0.29) is 18.7 Å². The van der Waals surface area contributed by atoms with Gasteiger partial charge in [0.1, 0.15) is 0 Å². The number of piperazine rings is 1. The number of carbonyl (C=O) groups is 1. The summed E-state index contributed by atoms with van der Waals surface area (Å²) in [5.74, 6) is 0.436. The Hall–Kier alpha value is -0.850. The van der Waals surface area contributed by atoms with Crippen LogP contribution in [0, 0.1) is 5.92 Å². The first-order valence-electron chi connectivity index (χ1n) is 9.23. The first-order chi connectivity index (χ1) is 11.2. The SMILES string of the molecule is CN1CCN(CCCCNC(=O)NC2CCC(CO)CC2)CC1. The molecule has 0 aromatic rings. The van der Waals surface area contributed by atoms with Gasteiger partial charge in [-0.15, -0.1) is 0 Å². The van der Waals surface area contributed by atoms with Crippen LogP contribution >= 0.6 is 0 Å². The van der Waals surface area contributed by atoms with E-state index in [1.54, 1.807) is 0 Å². The fourth-order valence-electron chi connectivity index (χ4n) is 3.46. The van der Waals surface area contributed by atoms with Crippen LogP contribution in [0.25, 0.3) is 0 Å². The molecule has 6 heteroatoms. The molecule has 1 saturated heterocycles. The second kappa shape index (κ2) is 10.1. The number of urea groups is 1. The Bertz CT molecular complexity index is 337. The number of rotatable bonds is 7. The number of likely N-dealkylation sites (N-methyl/N-ethyl adjacent to an activating group) is 1. The normalized spacial score (nSPS) is 26.9. The summed E-state index contributed by atoms with van der Waals surface area (Å²) in [6, 6.07) is 0.250. The number of hydrogen-bond acceptors (Lipinski definition) is 4. The third kappa shape index (κ3) is 7.06. The fourth-order valence-corrected chi connectivity index (χ4v) is 3.46. The summed E-state index contributed by atoms with van der Waals surface area (Å²) in [6.07, 6.45) is 6.20. The summed E-state index contributed by atoms with van der Waals surface area (Å²) < 4.78 is 0. The molecule has 0 aromatic carbocycles. The highest BCUT2D eigenvalue weighted by Crippen LogP contribution is 2.23. The van der Waals surface area contributed by atoms with E-state index in [2.05, 4.69) is 27.5 Å². The first-order valence-corrected chi connectivity index (χ1v) is 9.23. The van der Waals surface area contributed by atoms with Crippen LogP contribution in [0.2, 0.25) is 0 Å². The van der Waals surface area contributed by atoms with Crippen LogP contribution in [0.5, 0.6) is 0 Å². The van der Waals surface area contributed by atoms with Gasteiger partial charge in [-0.05, 0) is 58.0 Å². The molecule has 6 nitrogen and oxygen atoms in total. The number of amides is 2. The Balaban J connectivity index is 1.45. The van der Waals surface area contributed by atoms with Crippen molar-refractivity contribution in [1.82, 2.24) is 20.4 Å². The quantitative estimate of drug-likeness (QED) is 0.607. The molecule has 0 atom stereocenters. The van der Waals surface area contributed by atoms with Gasteiger partial charge in [0.25, 0.3) is 0 Å². The number of hydrogen-bond donors (Lipinski definition) is 3. The second-order valence-corrected chi connectivity index (χ2v) is 7.15. The van der Waals surface area contributed by atoms with Crippen LogP contribution < -0.4 is 10.6 Å². The van der Waals surface area contributed by atoms with Gasteiger partial charge in [-0.1, -0.05) is 0 Å². The maximum atomic E-state index is 11.9. The molecule has 3 N–H and O–H groups in total. The van der Waals surface area contributed by atoms with E-state index in [1.165, 1.54) is 26.2 Å². The largest absolute Gasteiger partial charge is 0.396 e. The zero-order valence-corrected chi connectivity index (χ0v) is 14.6. The van der Waals surface area contributed by atoms with Gasteiger partial charge in [-0.2, -0.15) is 0 Å². The number of aliphatic hydroxyl groups is 1. The molecule has 1 heterocycles. The highest BCUT2D eigenvalue weighted by Gasteiger charge is 2.21. The molecule has 0 spiro atoms. The monoisotopic (exact) mass is 326 g/mol. The number of unbranched alkanes of at least 4 members (excludes halogenated alkanes) is 1. The predicted octanol–water partition coefficient (Wildman–Crippen LogP) is 0.864. The number of nitrogens with one attached hydrogen (secondary N) is 2. The van der Waals surface area contributed by atoms with Crippen molar-refractivity contribution in [3.8, 4) is 0 Å². The Kier molecular flexibility index (Phi) is 8.12. The average molecular weight is 326 g/mol. The number of aliphatic hydroxyl groups excluding tert-OH is 1. The van der Waals surface area contributed by atoms with E-state index in [0.717, 1.165) is 51.6 Å².